The van der Waals surface area contributed by atoms with E-state index < -0.39 is 0 Å². The van der Waals surface area contributed by atoms with Gasteiger partial charge in [-0.15, -0.1) is 11.3 Å². The van der Waals surface area contributed by atoms with Crippen molar-refractivity contribution in [2.24, 2.45) is 0 Å². The number of thiazole rings is 1. The minimum atomic E-state index is 0.0462. The second-order valence-corrected chi connectivity index (χ2v) is 7.79. The van der Waals surface area contributed by atoms with Gasteiger partial charge in [-0.3, -0.25) is 0 Å². The lowest BCUT2D eigenvalue weighted by molar-refractivity contribution is 0.568. The maximum absolute atomic E-state index is 5.92. The van der Waals surface area contributed by atoms with E-state index in [0.717, 1.165) is 12.1 Å². The van der Waals surface area contributed by atoms with Crippen LogP contribution in [0.1, 0.15) is 62.2 Å². The van der Waals surface area contributed by atoms with Crippen LogP contribution in [-0.2, 0) is 18.3 Å². The average Bonchev–Trinajstić information content (AvgIpc) is 2.79. The minimum absolute atomic E-state index is 0.0462. The Morgan fingerprint density at radius 3 is 2.29 bits per heavy atom. The summed E-state index contributed by atoms with van der Waals surface area (Å²) in [6.07, 6.45) is 4.61. The maximum Gasteiger partial charge on any atom is 0.180 e. The summed E-state index contributed by atoms with van der Waals surface area (Å²) in [6.45, 7) is 8.81. The van der Waals surface area contributed by atoms with Crippen molar-refractivity contribution in [2.45, 2.75) is 58.8 Å². The van der Waals surface area contributed by atoms with Crippen LogP contribution in [0.3, 0.4) is 0 Å². The topological polar surface area (TPSA) is 38.9 Å². The van der Waals surface area contributed by atoms with Crippen LogP contribution in [0, 0.1) is 0 Å². The molecule has 0 atom stereocenters. The van der Waals surface area contributed by atoms with E-state index in [1.807, 2.05) is 0 Å². The maximum atomic E-state index is 5.92. The molecule has 0 radical (unpaired) electrons. The first-order valence-electron chi connectivity index (χ1n) is 7.73. The number of nitrogens with zero attached hydrogens (tertiary/aromatic N) is 1. The summed E-state index contributed by atoms with van der Waals surface area (Å²) in [5.41, 5.74) is 9.87. The van der Waals surface area contributed by atoms with Gasteiger partial charge in [-0.1, -0.05) is 58.4 Å². The molecule has 0 saturated heterocycles. The SMILES string of the molecule is CCCCc1ccc(Cc2sc(N)nc2C(C)(C)C)cc1. The summed E-state index contributed by atoms with van der Waals surface area (Å²) in [5.74, 6) is 0. The third kappa shape index (κ3) is 4.31. The number of aromatic nitrogens is 1. The number of hydrogen-bond donors (Lipinski definition) is 1. The zero-order chi connectivity index (χ0) is 15.5. The van der Waals surface area contributed by atoms with Crippen molar-refractivity contribution in [3.05, 3.63) is 46.0 Å². The predicted octanol–water partition coefficient (Wildman–Crippen LogP) is 4.96. The van der Waals surface area contributed by atoms with E-state index in [-0.39, 0.29) is 5.41 Å². The van der Waals surface area contributed by atoms with E-state index in [1.54, 1.807) is 11.3 Å². The summed E-state index contributed by atoms with van der Waals surface area (Å²) in [4.78, 5) is 5.83. The molecule has 0 unspecified atom stereocenters. The number of aryl methyl sites for hydroxylation is 1. The standard InChI is InChI=1S/C18H26N2S/c1-5-6-7-13-8-10-14(11-9-13)12-15-16(18(2,3)4)20-17(19)21-15/h8-11H,5-7,12H2,1-4H3,(H2,19,20). The van der Waals surface area contributed by atoms with Gasteiger partial charge in [-0.25, -0.2) is 4.98 Å². The molecule has 1 heterocycles. The van der Waals surface area contributed by atoms with Crippen molar-refractivity contribution in [1.29, 1.82) is 0 Å². The monoisotopic (exact) mass is 302 g/mol. The summed E-state index contributed by atoms with van der Waals surface area (Å²) < 4.78 is 0. The summed E-state index contributed by atoms with van der Waals surface area (Å²) in [5, 5.41) is 0.675. The fraction of sp³-hybridized carbons (Fsp3) is 0.500. The van der Waals surface area contributed by atoms with Crippen molar-refractivity contribution < 1.29 is 0 Å². The lowest BCUT2D eigenvalue weighted by Crippen LogP contribution is -2.14. The molecule has 0 spiro atoms. The van der Waals surface area contributed by atoms with E-state index in [0.29, 0.717) is 5.13 Å². The number of hydrogen-bond acceptors (Lipinski definition) is 3. The molecule has 0 saturated carbocycles. The molecule has 2 nitrogen and oxygen atoms in total. The number of benzene rings is 1. The molecule has 114 valence electrons. The van der Waals surface area contributed by atoms with Crippen LogP contribution in [0.4, 0.5) is 5.13 Å². The van der Waals surface area contributed by atoms with Gasteiger partial charge in [0.25, 0.3) is 0 Å². The van der Waals surface area contributed by atoms with Gasteiger partial charge in [-0.2, -0.15) is 0 Å². The third-order valence-corrected chi connectivity index (χ3v) is 4.52. The Morgan fingerprint density at radius 2 is 1.71 bits per heavy atom. The molecular formula is C18H26N2S. The Morgan fingerprint density at radius 1 is 1.10 bits per heavy atom. The van der Waals surface area contributed by atoms with Crippen molar-refractivity contribution in [3.63, 3.8) is 0 Å². The van der Waals surface area contributed by atoms with E-state index in [2.05, 4.69) is 56.9 Å². The van der Waals surface area contributed by atoms with Crippen LogP contribution >= 0.6 is 11.3 Å². The van der Waals surface area contributed by atoms with E-state index in [4.69, 9.17) is 5.73 Å². The molecule has 0 aliphatic rings. The molecule has 0 amide bonds. The van der Waals surface area contributed by atoms with Gasteiger partial charge in [-0.05, 0) is 24.0 Å². The average molecular weight is 302 g/mol. The molecule has 2 N–H and O–H groups in total. The molecule has 21 heavy (non-hydrogen) atoms. The zero-order valence-corrected chi connectivity index (χ0v) is 14.4. The van der Waals surface area contributed by atoms with Crippen molar-refractivity contribution in [3.8, 4) is 0 Å². The lowest BCUT2D eigenvalue weighted by Gasteiger charge is -2.17. The third-order valence-electron chi connectivity index (χ3n) is 3.63. The van der Waals surface area contributed by atoms with Crippen molar-refractivity contribution in [2.75, 3.05) is 5.73 Å². The van der Waals surface area contributed by atoms with Crippen molar-refractivity contribution >= 4 is 16.5 Å². The Balaban J connectivity index is 2.15. The van der Waals surface area contributed by atoms with Crippen molar-refractivity contribution in [1.82, 2.24) is 4.98 Å². The molecule has 0 aliphatic carbocycles. The zero-order valence-electron chi connectivity index (χ0n) is 13.6. The molecule has 2 rings (SSSR count). The molecule has 2 aromatic rings. The van der Waals surface area contributed by atoms with Gasteiger partial charge in [0.15, 0.2) is 5.13 Å². The first-order valence-corrected chi connectivity index (χ1v) is 8.55. The highest BCUT2D eigenvalue weighted by Gasteiger charge is 2.22. The van der Waals surface area contributed by atoms with E-state index in [1.165, 1.54) is 35.3 Å². The van der Waals surface area contributed by atoms with Crippen LogP contribution in [0.15, 0.2) is 24.3 Å². The molecule has 1 aromatic carbocycles. The number of nitrogen functional groups attached to an aromatic ring is 1. The second-order valence-electron chi connectivity index (χ2n) is 6.67. The van der Waals surface area contributed by atoms with Crippen LogP contribution in [0.2, 0.25) is 0 Å². The van der Waals surface area contributed by atoms with Gasteiger partial charge >= 0.3 is 0 Å². The smallest absolute Gasteiger partial charge is 0.180 e. The number of rotatable bonds is 5. The highest BCUT2D eigenvalue weighted by Crippen LogP contribution is 2.32. The minimum Gasteiger partial charge on any atom is -0.375 e. The number of unbranched alkanes of at least 4 members (excludes halogenated alkanes) is 1. The highest BCUT2D eigenvalue weighted by molar-refractivity contribution is 7.15. The fourth-order valence-electron chi connectivity index (χ4n) is 2.47. The van der Waals surface area contributed by atoms with E-state index in [9.17, 15) is 0 Å². The second kappa shape index (κ2) is 6.61. The van der Waals surface area contributed by atoms with Crippen LogP contribution < -0.4 is 5.73 Å². The van der Waals surface area contributed by atoms with Crippen LogP contribution in [0.5, 0.6) is 0 Å². The Labute approximate surface area is 132 Å². The predicted molar refractivity (Wildman–Crippen MR) is 93.1 cm³/mol. The summed E-state index contributed by atoms with van der Waals surface area (Å²) in [7, 11) is 0. The molecule has 0 aliphatic heterocycles. The quantitative estimate of drug-likeness (QED) is 0.848. The van der Waals surface area contributed by atoms with Gasteiger partial charge in [0.1, 0.15) is 0 Å². The fourth-order valence-corrected chi connectivity index (χ4v) is 3.54. The molecule has 1 aromatic heterocycles. The normalized spacial score (nSPS) is 11.8. The number of nitrogens with two attached hydrogens (primary N) is 1. The summed E-state index contributed by atoms with van der Waals surface area (Å²) in [6, 6.07) is 9.00. The van der Waals surface area contributed by atoms with Gasteiger partial charge in [0.05, 0.1) is 5.69 Å². The van der Waals surface area contributed by atoms with Gasteiger partial charge < -0.3 is 5.73 Å². The largest absolute Gasteiger partial charge is 0.375 e. The molecule has 0 fully saturated rings. The molecule has 3 heteroatoms. The first kappa shape index (κ1) is 16.0. The number of anilines is 1. The molecular weight excluding hydrogens is 276 g/mol. The Bertz CT molecular complexity index is 576. The van der Waals surface area contributed by atoms with Crippen LogP contribution in [-0.4, -0.2) is 4.98 Å². The Kier molecular flexibility index (Phi) is 5.04. The van der Waals surface area contributed by atoms with Gasteiger partial charge in [0.2, 0.25) is 0 Å². The van der Waals surface area contributed by atoms with Gasteiger partial charge in [0, 0.05) is 16.7 Å². The highest BCUT2D eigenvalue weighted by atomic mass is 32.1. The van der Waals surface area contributed by atoms with E-state index >= 15 is 0 Å². The Hall–Kier alpha value is -1.35. The lowest BCUT2D eigenvalue weighted by atomic mass is 9.90. The molecule has 0 bridgehead atoms. The van der Waals surface area contributed by atoms with Crippen LogP contribution in [0.25, 0.3) is 0 Å². The first-order chi connectivity index (χ1) is 9.90. The summed E-state index contributed by atoms with van der Waals surface area (Å²) >= 11 is 1.62.